The lowest BCUT2D eigenvalue weighted by Crippen LogP contribution is -2.44. The van der Waals surface area contributed by atoms with Gasteiger partial charge in [0.2, 0.25) is 11.8 Å². The Hall–Kier alpha value is -3.47. The second-order valence-corrected chi connectivity index (χ2v) is 9.73. The maximum atomic E-state index is 13.1. The van der Waals surface area contributed by atoms with Crippen molar-refractivity contribution in [3.63, 3.8) is 0 Å². The zero-order valence-corrected chi connectivity index (χ0v) is 20.9. The van der Waals surface area contributed by atoms with Gasteiger partial charge in [-0.1, -0.05) is 23.5 Å². The molecule has 3 heterocycles. The van der Waals surface area contributed by atoms with E-state index in [9.17, 15) is 14.4 Å². The Morgan fingerprint density at radius 3 is 2.86 bits per heavy atom. The molecule has 11 heteroatoms. The van der Waals surface area contributed by atoms with Crippen LogP contribution in [0.2, 0.25) is 0 Å². The molecule has 1 aliphatic rings. The topological polar surface area (TPSA) is 118 Å². The largest absolute Gasteiger partial charge is 0.492 e. The minimum absolute atomic E-state index is 0.0446. The average Bonchev–Trinajstić information content (AvgIpc) is 3.27. The van der Waals surface area contributed by atoms with Crippen LogP contribution in [0.1, 0.15) is 33.6 Å². The monoisotopic (exact) mass is 498 g/mol. The van der Waals surface area contributed by atoms with Gasteiger partial charge in [-0.15, -0.1) is 0 Å². The smallest absolute Gasteiger partial charge is 0.273 e. The molecule has 0 aliphatic carbocycles. The molecule has 2 amide bonds. The van der Waals surface area contributed by atoms with Crippen LogP contribution in [-0.4, -0.2) is 52.1 Å². The zero-order valence-electron chi connectivity index (χ0n) is 20.1. The third-order valence-corrected chi connectivity index (χ3v) is 6.73. The standard InChI is InChI=1S/C24H30N6O4S/c1-4-34-18-10-6-5-9-17(18)27-19(31)13-30-14-25-21-20(23(30)33)35-24(28-21)29-11-7-8-16(12-29)22(32)26-15(2)3/h5-6,9-10,14-16H,4,7-8,11-13H2,1-3H3,(H,26,32)(H,27,31)/t16-/m0/s1. The second kappa shape index (κ2) is 10.9. The van der Waals surface area contributed by atoms with Crippen LogP contribution in [0.3, 0.4) is 0 Å². The van der Waals surface area contributed by atoms with Crippen molar-refractivity contribution in [2.24, 2.45) is 5.92 Å². The molecule has 4 rings (SSSR count). The summed E-state index contributed by atoms with van der Waals surface area (Å²) in [4.78, 5) is 49.1. The highest BCUT2D eigenvalue weighted by molar-refractivity contribution is 7.22. The van der Waals surface area contributed by atoms with E-state index in [1.165, 1.54) is 22.2 Å². The van der Waals surface area contributed by atoms with E-state index < -0.39 is 0 Å². The molecular weight excluding hydrogens is 468 g/mol. The normalized spacial score (nSPS) is 15.9. The second-order valence-electron chi connectivity index (χ2n) is 8.75. The number of hydrogen-bond donors (Lipinski definition) is 2. The first-order chi connectivity index (χ1) is 16.9. The molecule has 3 aromatic rings. The van der Waals surface area contributed by atoms with Gasteiger partial charge in [0, 0.05) is 19.1 Å². The van der Waals surface area contributed by atoms with E-state index in [2.05, 4.69) is 20.6 Å². The summed E-state index contributed by atoms with van der Waals surface area (Å²) in [6.07, 6.45) is 3.04. The van der Waals surface area contributed by atoms with E-state index in [0.29, 0.717) is 40.1 Å². The van der Waals surface area contributed by atoms with Crippen LogP contribution >= 0.6 is 11.3 Å². The van der Waals surface area contributed by atoms with E-state index >= 15 is 0 Å². The molecular formula is C24H30N6O4S. The van der Waals surface area contributed by atoms with Gasteiger partial charge in [-0.3, -0.25) is 19.0 Å². The SMILES string of the molecule is CCOc1ccccc1NC(=O)Cn1cnc2nc(N3CCC[C@H](C(=O)NC(C)C)C3)sc2c1=O. The van der Waals surface area contributed by atoms with Crippen LogP contribution in [-0.2, 0) is 16.1 Å². The fourth-order valence-electron chi connectivity index (χ4n) is 4.05. The summed E-state index contributed by atoms with van der Waals surface area (Å²) in [5, 5.41) is 6.44. The van der Waals surface area contributed by atoms with Crippen LogP contribution in [0.5, 0.6) is 5.75 Å². The van der Waals surface area contributed by atoms with Gasteiger partial charge < -0.3 is 20.3 Å². The fourth-order valence-corrected chi connectivity index (χ4v) is 5.05. The van der Waals surface area contributed by atoms with E-state index in [-0.39, 0.29) is 35.9 Å². The van der Waals surface area contributed by atoms with Gasteiger partial charge in [0.15, 0.2) is 10.8 Å². The van der Waals surface area contributed by atoms with Crippen LogP contribution in [0, 0.1) is 5.92 Å². The molecule has 0 radical (unpaired) electrons. The predicted octanol–water partition coefficient (Wildman–Crippen LogP) is 2.63. The molecule has 2 aromatic heterocycles. The summed E-state index contributed by atoms with van der Waals surface area (Å²) in [5.74, 6) is 0.132. The highest BCUT2D eigenvalue weighted by Crippen LogP contribution is 2.29. The molecule has 2 N–H and O–H groups in total. The van der Waals surface area contributed by atoms with E-state index in [1.54, 1.807) is 18.2 Å². The quantitative estimate of drug-likeness (QED) is 0.490. The number of benzene rings is 1. The first kappa shape index (κ1) is 24.6. The zero-order chi connectivity index (χ0) is 24.9. The third-order valence-electron chi connectivity index (χ3n) is 5.64. The average molecular weight is 499 g/mol. The van der Waals surface area contributed by atoms with E-state index in [1.807, 2.05) is 31.7 Å². The van der Waals surface area contributed by atoms with Gasteiger partial charge in [-0.25, -0.2) is 4.98 Å². The molecule has 10 nitrogen and oxygen atoms in total. The summed E-state index contributed by atoms with van der Waals surface area (Å²) in [5.41, 5.74) is 0.572. The number of fused-ring (bicyclic) bond motifs is 1. The number of ether oxygens (including phenoxy) is 1. The van der Waals surface area contributed by atoms with E-state index in [4.69, 9.17) is 4.74 Å². The Kier molecular flexibility index (Phi) is 7.64. The van der Waals surface area contributed by atoms with Crippen molar-refractivity contribution in [1.29, 1.82) is 0 Å². The van der Waals surface area contributed by atoms with Crippen LogP contribution in [0.25, 0.3) is 10.3 Å². The van der Waals surface area contributed by atoms with Crippen molar-refractivity contribution in [2.45, 2.75) is 46.2 Å². The molecule has 35 heavy (non-hydrogen) atoms. The minimum Gasteiger partial charge on any atom is -0.492 e. The Morgan fingerprint density at radius 1 is 1.29 bits per heavy atom. The van der Waals surface area contributed by atoms with Crippen LogP contribution < -0.4 is 25.8 Å². The van der Waals surface area contributed by atoms with Gasteiger partial charge in [-0.05, 0) is 45.7 Å². The molecule has 0 saturated carbocycles. The van der Waals surface area contributed by atoms with Gasteiger partial charge in [0.1, 0.15) is 23.3 Å². The molecule has 1 atom stereocenters. The maximum Gasteiger partial charge on any atom is 0.273 e. The summed E-state index contributed by atoms with van der Waals surface area (Å²) in [6.45, 7) is 7.36. The summed E-state index contributed by atoms with van der Waals surface area (Å²) in [7, 11) is 0. The number of nitrogens with zero attached hydrogens (tertiary/aromatic N) is 4. The Bertz CT molecular complexity index is 1270. The number of carbonyl (C=O) groups is 2. The highest BCUT2D eigenvalue weighted by Gasteiger charge is 2.28. The maximum absolute atomic E-state index is 13.1. The summed E-state index contributed by atoms with van der Waals surface area (Å²) < 4.78 is 7.20. The van der Waals surface area contributed by atoms with Gasteiger partial charge in [0.05, 0.1) is 18.2 Å². The lowest BCUT2D eigenvalue weighted by atomic mass is 9.97. The number of amides is 2. The number of carbonyl (C=O) groups excluding carboxylic acids is 2. The molecule has 1 aliphatic heterocycles. The number of piperidine rings is 1. The predicted molar refractivity (Wildman–Crippen MR) is 136 cm³/mol. The lowest BCUT2D eigenvalue weighted by Gasteiger charge is -2.32. The van der Waals surface area contributed by atoms with Gasteiger partial charge in [-0.2, -0.15) is 4.98 Å². The Labute approximate surface area is 207 Å². The number of nitrogens with one attached hydrogen (secondary N) is 2. The van der Waals surface area contributed by atoms with Gasteiger partial charge >= 0.3 is 0 Å². The number of thiazole rings is 1. The van der Waals surface area contributed by atoms with Crippen LogP contribution in [0.15, 0.2) is 35.4 Å². The van der Waals surface area contributed by atoms with E-state index in [0.717, 1.165) is 19.4 Å². The minimum atomic E-state index is -0.361. The van der Waals surface area contributed by atoms with Crippen LogP contribution in [0.4, 0.5) is 10.8 Å². The number of hydrogen-bond acceptors (Lipinski definition) is 8. The van der Waals surface area contributed by atoms with Crippen molar-refractivity contribution in [1.82, 2.24) is 19.9 Å². The first-order valence-electron chi connectivity index (χ1n) is 11.8. The van der Waals surface area contributed by atoms with Crippen molar-refractivity contribution in [3.05, 3.63) is 40.9 Å². The van der Waals surface area contributed by atoms with Gasteiger partial charge in [0.25, 0.3) is 5.56 Å². The fraction of sp³-hybridized carbons (Fsp3) is 0.458. The molecule has 1 saturated heterocycles. The molecule has 186 valence electrons. The number of aromatic nitrogens is 3. The Balaban J connectivity index is 1.49. The summed E-state index contributed by atoms with van der Waals surface area (Å²) >= 11 is 1.25. The highest BCUT2D eigenvalue weighted by atomic mass is 32.1. The third kappa shape index (κ3) is 5.79. The molecule has 1 aromatic carbocycles. The van der Waals surface area contributed by atoms with Crippen molar-refractivity contribution < 1.29 is 14.3 Å². The number of anilines is 2. The number of rotatable bonds is 8. The van der Waals surface area contributed by atoms with Crippen molar-refractivity contribution in [3.8, 4) is 5.75 Å². The molecule has 1 fully saturated rings. The lowest BCUT2D eigenvalue weighted by molar-refractivity contribution is -0.125. The number of para-hydroxylation sites is 2. The Morgan fingerprint density at radius 2 is 2.09 bits per heavy atom. The summed E-state index contributed by atoms with van der Waals surface area (Å²) in [6, 6.07) is 7.23. The molecule has 0 bridgehead atoms. The molecule has 0 spiro atoms. The molecule has 0 unspecified atom stereocenters. The van der Waals surface area contributed by atoms with Crippen molar-refractivity contribution in [2.75, 3.05) is 29.9 Å². The van der Waals surface area contributed by atoms with Crippen molar-refractivity contribution >= 4 is 44.3 Å². The first-order valence-corrected chi connectivity index (χ1v) is 12.6.